The van der Waals surface area contributed by atoms with Crippen molar-refractivity contribution in [3.8, 4) is 5.75 Å². The molecule has 2 aliphatic rings. The second-order valence-corrected chi connectivity index (χ2v) is 6.73. The highest BCUT2D eigenvalue weighted by Gasteiger charge is 2.47. The van der Waals surface area contributed by atoms with Crippen LogP contribution in [0.15, 0.2) is 24.3 Å². The van der Waals surface area contributed by atoms with E-state index in [9.17, 15) is 4.79 Å². The minimum atomic E-state index is -0.717. The Morgan fingerprint density at radius 3 is 2.86 bits per heavy atom. The predicted molar refractivity (Wildman–Crippen MR) is 82.4 cm³/mol. The fraction of sp³-hybridized carbons (Fsp3) is 0.562. The first-order valence-corrected chi connectivity index (χ1v) is 7.85. The van der Waals surface area contributed by atoms with Crippen molar-refractivity contribution in [3.05, 3.63) is 29.3 Å². The molecule has 5 heteroatoms. The number of carbonyl (C=O) groups excluding carboxylic acids is 1. The van der Waals surface area contributed by atoms with Gasteiger partial charge >= 0.3 is 0 Å². The van der Waals surface area contributed by atoms with Crippen molar-refractivity contribution in [1.82, 2.24) is 4.90 Å². The van der Waals surface area contributed by atoms with Gasteiger partial charge in [-0.15, -0.1) is 0 Å². The van der Waals surface area contributed by atoms with Crippen LogP contribution in [0.3, 0.4) is 0 Å². The molecule has 0 unspecified atom stereocenters. The number of rotatable bonds is 4. The van der Waals surface area contributed by atoms with Gasteiger partial charge in [0.25, 0.3) is 0 Å². The van der Waals surface area contributed by atoms with Crippen LogP contribution in [0.4, 0.5) is 0 Å². The number of amides is 1. The van der Waals surface area contributed by atoms with E-state index in [1.165, 1.54) is 0 Å². The second kappa shape index (κ2) is 5.50. The minimum Gasteiger partial charge on any atom is -0.488 e. The lowest BCUT2D eigenvalue weighted by molar-refractivity contribution is -0.136. The number of carbonyl (C=O) groups is 1. The first-order valence-electron chi connectivity index (χ1n) is 7.47. The summed E-state index contributed by atoms with van der Waals surface area (Å²) in [6.45, 7) is 3.17. The summed E-state index contributed by atoms with van der Waals surface area (Å²) in [6, 6.07) is 7.35. The number of nitrogens with two attached hydrogens (primary N) is 1. The maximum Gasteiger partial charge on any atom is 0.242 e. The standard InChI is InChI=1S/C16H21ClN2O2/c1-16(18,11-5-6-11)15(20)19-8-7-14(10-19)21-13-4-2-3-12(17)9-13/h2-4,9,11,14H,5-8,10,18H2,1H3/t14-,16+/m1/s1. The van der Waals surface area contributed by atoms with Crippen molar-refractivity contribution < 1.29 is 9.53 Å². The van der Waals surface area contributed by atoms with Gasteiger partial charge in [0, 0.05) is 18.0 Å². The number of nitrogens with zero attached hydrogens (tertiary/aromatic N) is 1. The van der Waals surface area contributed by atoms with E-state index in [2.05, 4.69) is 0 Å². The quantitative estimate of drug-likeness (QED) is 0.929. The Hall–Kier alpha value is -1.26. The molecule has 4 nitrogen and oxygen atoms in total. The fourth-order valence-electron chi connectivity index (χ4n) is 2.94. The summed E-state index contributed by atoms with van der Waals surface area (Å²) >= 11 is 5.95. The van der Waals surface area contributed by atoms with Crippen LogP contribution in [-0.4, -0.2) is 35.5 Å². The van der Waals surface area contributed by atoms with Gasteiger partial charge in [-0.1, -0.05) is 17.7 Å². The van der Waals surface area contributed by atoms with Crippen LogP contribution in [0.25, 0.3) is 0 Å². The Labute approximate surface area is 130 Å². The van der Waals surface area contributed by atoms with Crippen LogP contribution in [-0.2, 0) is 4.79 Å². The Balaban J connectivity index is 1.59. The van der Waals surface area contributed by atoms with Crippen LogP contribution in [0.5, 0.6) is 5.75 Å². The summed E-state index contributed by atoms with van der Waals surface area (Å²) in [5.74, 6) is 1.15. The molecular formula is C16H21ClN2O2. The van der Waals surface area contributed by atoms with Gasteiger partial charge in [0.15, 0.2) is 0 Å². The summed E-state index contributed by atoms with van der Waals surface area (Å²) in [5.41, 5.74) is 5.50. The zero-order valence-electron chi connectivity index (χ0n) is 12.2. The van der Waals surface area contributed by atoms with Gasteiger partial charge in [0.2, 0.25) is 5.91 Å². The van der Waals surface area contributed by atoms with Crippen molar-refractivity contribution in [2.24, 2.45) is 11.7 Å². The van der Waals surface area contributed by atoms with Crippen molar-refractivity contribution >= 4 is 17.5 Å². The van der Waals surface area contributed by atoms with Gasteiger partial charge in [-0.2, -0.15) is 0 Å². The SMILES string of the molecule is C[C@@](N)(C(=O)N1CC[C@@H](Oc2cccc(Cl)c2)C1)C1CC1. The molecule has 2 N–H and O–H groups in total. The van der Waals surface area contributed by atoms with Crippen LogP contribution < -0.4 is 10.5 Å². The summed E-state index contributed by atoms with van der Waals surface area (Å²) in [6.07, 6.45) is 2.98. The molecule has 1 aliphatic heterocycles. The van der Waals surface area contributed by atoms with E-state index in [-0.39, 0.29) is 12.0 Å². The Morgan fingerprint density at radius 1 is 1.43 bits per heavy atom. The van der Waals surface area contributed by atoms with Gasteiger partial charge < -0.3 is 15.4 Å². The van der Waals surface area contributed by atoms with E-state index >= 15 is 0 Å². The van der Waals surface area contributed by atoms with Crippen molar-refractivity contribution in [3.63, 3.8) is 0 Å². The molecule has 2 atom stereocenters. The van der Waals surface area contributed by atoms with Crippen LogP contribution in [0.1, 0.15) is 26.2 Å². The van der Waals surface area contributed by atoms with Crippen molar-refractivity contribution in [2.75, 3.05) is 13.1 Å². The van der Waals surface area contributed by atoms with E-state index in [1.807, 2.05) is 30.0 Å². The highest BCUT2D eigenvalue weighted by atomic mass is 35.5. The third kappa shape index (κ3) is 3.16. The zero-order chi connectivity index (χ0) is 15.0. The summed E-state index contributed by atoms with van der Waals surface area (Å²) < 4.78 is 5.91. The average Bonchev–Trinajstić information content (AvgIpc) is 3.20. The molecule has 3 rings (SSSR count). The highest BCUT2D eigenvalue weighted by molar-refractivity contribution is 6.30. The summed E-state index contributed by atoms with van der Waals surface area (Å²) in [7, 11) is 0. The summed E-state index contributed by atoms with van der Waals surface area (Å²) in [4.78, 5) is 14.4. The first-order chi connectivity index (χ1) is 9.96. The Morgan fingerprint density at radius 2 is 2.19 bits per heavy atom. The lowest BCUT2D eigenvalue weighted by Gasteiger charge is -2.29. The molecule has 1 aliphatic carbocycles. The predicted octanol–water partition coefficient (Wildman–Crippen LogP) is 2.45. The molecule has 1 aromatic rings. The van der Waals surface area contributed by atoms with Gasteiger partial charge in [0.05, 0.1) is 12.1 Å². The molecule has 1 amide bonds. The van der Waals surface area contributed by atoms with Crippen molar-refractivity contribution in [1.29, 1.82) is 0 Å². The molecule has 114 valence electrons. The number of benzene rings is 1. The average molecular weight is 309 g/mol. The number of hydrogen-bond donors (Lipinski definition) is 1. The van der Waals surface area contributed by atoms with Gasteiger partial charge in [-0.25, -0.2) is 0 Å². The van der Waals surface area contributed by atoms with E-state index in [4.69, 9.17) is 22.1 Å². The van der Waals surface area contributed by atoms with Gasteiger partial charge in [0.1, 0.15) is 11.9 Å². The van der Waals surface area contributed by atoms with Crippen LogP contribution in [0, 0.1) is 5.92 Å². The smallest absolute Gasteiger partial charge is 0.242 e. The zero-order valence-corrected chi connectivity index (χ0v) is 13.0. The normalized spacial score (nSPS) is 24.7. The van der Waals surface area contributed by atoms with Gasteiger partial charge in [-0.3, -0.25) is 4.79 Å². The first kappa shape index (κ1) is 14.7. The summed E-state index contributed by atoms with van der Waals surface area (Å²) in [5, 5.41) is 0.654. The number of ether oxygens (including phenoxy) is 1. The fourth-order valence-corrected chi connectivity index (χ4v) is 3.12. The van der Waals surface area contributed by atoms with E-state index in [0.717, 1.165) is 25.0 Å². The minimum absolute atomic E-state index is 0.0161. The molecule has 1 saturated heterocycles. The second-order valence-electron chi connectivity index (χ2n) is 6.29. The Kier molecular flexibility index (Phi) is 3.84. The topological polar surface area (TPSA) is 55.6 Å². The molecule has 0 spiro atoms. The number of likely N-dealkylation sites (tertiary alicyclic amines) is 1. The lowest BCUT2D eigenvalue weighted by atomic mass is 9.95. The van der Waals surface area contributed by atoms with Crippen LogP contribution >= 0.6 is 11.6 Å². The molecule has 21 heavy (non-hydrogen) atoms. The maximum atomic E-state index is 12.5. The van der Waals surface area contributed by atoms with Crippen molar-refractivity contribution in [2.45, 2.75) is 37.8 Å². The third-order valence-electron chi connectivity index (χ3n) is 4.42. The monoisotopic (exact) mass is 308 g/mol. The highest BCUT2D eigenvalue weighted by Crippen LogP contribution is 2.39. The third-order valence-corrected chi connectivity index (χ3v) is 4.65. The van der Waals surface area contributed by atoms with E-state index in [1.54, 1.807) is 6.07 Å². The Bertz CT molecular complexity index is 543. The molecule has 1 saturated carbocycles. The number of halogens is 1. The number of hydrogen-bond acceptors (Lipinski definition) is 3. The largest absolute Gasteiger partial charge is 0.488 e. The molecule has 0 bridgehead atoms. The molecular weight excluding hydrogens is 288 g/mol. The maximum absolute atomic E-state index is 12.5. The van der Waals surface area contributed by atoms with E-state index < -0.39 is 5.54 Å². The lowest BCUT2D eigenvalue weighted by Crippen LogP contribution is -2.54. The van der Waals surface area contributed by atoms with Gasteiger partial charge in [-0.05, 0) is 43.9 Å². The molecule has 0 radical (unpaired) electrons. The molecule has 0 aromatic heterocycles. The molecule has 1 aromatic carbocycles. The van der Waals surface area contributed by atoms with Crippen LogP contribution in [0.2, 0.25) is 5.02 Å². The van der Waals surface area contributed by atoms with E-state index in [0.29, 0.717) is 24.0 Å². The molecule has 1 heterocycles. The molecule has 2 fully saturated rings.